The third-order valence-electron chi connectivity index (χ3n) is 3.25. The first-order valence-electron chi connectivity index (χ1n) is 5.96. The van der Waals surface area contributed by atoms with E-state index in [2.05, 4.69) is 35.0 Å². The molecule has 0 bridgehead atoms. The number of rotatable bonds is 4. The van der Waals surface area contributed by atoms with Crippen LogP contribution in [0, 0.1) is 0 Å². The summed E-state index contributed by atoms with van der Waals surface area (Å²) in [4.78, 5) is 6.46. The van der Waals surface area contributed by atoms with Gasteiger partial charge >= 0.3 is 0 Å². The monoisotopic (exact) mass is 245 g/mol. The molecule has 2 aromatic rings. The molecule has 1 heterocycles. The van der Waals surface area contributed by atoms with E-state index in [0.717, 1.165) is 18.1 Å². The molecule has 0 saturated carbocycles. The Hall–Kier alpha value is -1.88. The van der Waals surface area contributed by atoms with Crippen LogP contribution in [0.5, 0.6) is 0 Å². The molecule has 96 valence electrons. The number of aryl methyl sites for hydroxylation is 1. The lowest BCUT2D eigenvalue weighted by Crippen LogP contribution is -2.23. The standard InChI is InChI=1S/C13H19N5/c1-10(11-5-4-6-12(14)7-11)17(2)8-13-15-9-16-18(13)3/h4-7,9-10H,8,14H2,1-3H3. The van der Waals surface area contributed by atoms with Gasteiger partial charge in [-0.05, 0) is 31.7 Å². The van der Waals surface area contributed by atoms with Gasteiger partial charge in [0.05, 0.1) is 6.54 Å². The third kappa shape index (κ3) is 2.68. The summed E-state index contributed by atoms with van der Waals surface area (Å²) in [6, 6.07) is 8.27. The highest BCUT2D eigenvalue weighted by atomic mass is 15.3. The normalized spacial score (nSPS) is 12.9. The molecule has 2 N–H and O–H groups in total. The highest BCUT2D eigenvalue weighted by Crippen LogP contribution is 2.21. The summed E-state index contributed by atoms with van der Waals surface area (Å²) in [6.45, 7) is 2.91. The largest absolute Gasteiger partial charge is 0.399 e. The van der Waals surface area contributed by atoms with Gasteiger partial charge in [0.25, 0.3) is 0 Å². The Morgan fingerprint density at radius 1 is 1.44 bits per heavy atom. The molecule has 0 fully saturated rings. The molecule has 1 unspecified atom stereocenters. The SMILES string of the molecule is CC(c1cccc(N)c1)N(C)Cc1ncnn1C. The van der Waals surface area contributed by atoms with Gasteiger partial charge in [0, 0.05) is 18.8 Å². The summed E-state index contributed by atoms with van der Waals surface area (Å²) in [5, 5.41) is 4.07. The van der Waals surface area contributed by atoms with E-state index >= 15 is 0 Å². The molecule has 1 aromatic heterocycles. The Balaban J connectivity index is 2.09. The first-order valence-corrected chi connectivity index (χ1v) is 5.96. The smallest absolute Gasteiger partial charge is 0.140 e. The number of nitrogen functional groups attached to an aromatic ring is 1. The molecular formula is C13H19N5. The zero-order valence-electron chi connectivity index (χ0n) is 11.0. The number of nitrogens with two attached hydrogens (primary N) is 1. The van der Waals surface area contributed by atoms with Gasteiger partial charge in [0.15, 0.2) is 0 Å². The van der Waals surface area contributed by atoms with Crippen molar-refractivity contribution in [3.8, 4) is 0 Å². The van der Waals surface area contributed by atoms with Crippen molar-refractivity contribution in [2.75, 3.05) is 12.8 Å². The highest BCUT2D eigenvalue weighted by molar-refractivity contribution is 5.41. The summed E-state index contributed by atoms with van der Waals surface area (Å²) in [7, 11) is 3.98. The second kappa shape index (κ2) is 5.18. The molecule has 0 amide bonds. The molecular weight excluding hydrogens is 226 g/mol. The third-order valence-corrected chi connectivity index (χ3v) is 3.25. The van der Waals surface area contributed by atoms with Crippen LogP contribution in [0.3, 0.4) is 0 Å². The van der Waals surface area contributed by atoms with Crippen LogP contribution in [0.4, 0.5) is 5.69 Å². The molecule has 1 atom stereocenters. The van der Waals surface area contributed by atoms with Crippen LogP contribution < -0.4 is 5.73 Å². The number of benzene rings is 1. The van der Waals surface area contributed by atoms with Crippen LogP contribution >= 0.6 is 0 Å². The molecule has 0 spiro atoms. The summed E-state index contributed by atoms with van der Waals surface area (Å²) >= 11 is 0. The number of aromatic nitrogens is 3. The van der Waals surface area contributed by atoms with Crippen molar-refractivity contribution in [1.82, 2.24) is 19.7 Å². The Labute approximate surface area is 107 Å². The lowest BCUT2D eigenvalue weighted by molar-refractivity contribution is 0.243. The van der Waals surface area contributed by atoms with E-state index in [4.69, 9.17) is 5.73 Å². The maximum Gasteiger partial charge on any atom is 0.140 e. The molecule has 0 aliphatic rings. The van der Waals surface area contributed by atoms with Gasteiger partial charge in [-0.2, -0.15) is 5.10 Å². The van der Waals surface area contributed by atoms with Crippen LogP contribution in [-0.4, -0.2) is 26.7 Å². The lowest BCUT2D eigenvalue weighted by atomic mass is 10.1. The second-order valence-corrected chi connectivity index (χ2v) is 4.56. The molecule has 1 aromatic carbocycles. The van der Waals surface area contributed by atoms with Crippen molar-refractivity contribution in [1.29, 1.82) is 0 Å². The number of anilines is 1. The molecule has 0 radical (unpaired) electrons. The predicted molar refractivity (Wildman–Crippen MR) is 71.7 cm³/mol. The van der Waals surface area contributed by atoms with Gasteiger partial charge in [0.2, 0.25) is 0 Å². The van der Waals surface area contributed by atoms with Crippen molar-refractivity contribution >= 4 is 5.69 Å². The van der Waals surface area contributed by atoms with Gasteiger partial charge in [-0.1, -0.05) is 12.1 Å². The van der Waals surface area contributed by atoms with E-state index in [1.165, 1.54) is 5.56 Å². The molecule has 0 aliphatic carbocycles. The molecule has 5 heteroatoms. The average Bonchev–Trinajstić information content (AvgIpc) is 2.74. The fourth-order valence-corrected chi connectivity index (χ4v) is 1.90. The number of hydrogen-bond acceptors (Lipinski definition) is 4. The van der Waals surface area contributed by atoms with Crippen molar-refractivity contribution in [3.63, 3.8) is 0 Å². The predicted octanol–water partition coefficient (Wildman–Crippen LogP) is 1.59. The van der Waals surface area contributed by atoms with Crippen LogP contribution in [0.25, 0.3) is 0 Å². The highest BCUT2D eigenvalue weighted by Gasteiger charge is 2.14. The van der Waals surface area contributed by atoms with Crippen LogP contribution in [0.2, 0.25) is 0 Å². The van der Waals surface area contributed by atoms with E-state index in [0.29, 0.717) is 0 Å². The number of nitrogens with zero attached hydrogens (tertiary/aromatic N) is 4. The fraction of sp³-hybridized carbons (Fsp3) is 0.385. The van der Waals surface area contributed by atoms with Gasteiger partial charge in [-0.15, -0.1) is 0 Å². The average molecular weight is 245 g/mol. The van der Waals surface area contributed by atoms with Crippen molar-refractivity contribution in [2.45, 2.75) is 19.5 Å². The van der Waals surface area contributed by atoms with Crippen molar-refractivity contribution in [3.05, 3.63) is 42.0 Å². The van der Waals surface area contributed by atoms with Crippen molar-refractivity contribution in [2.24, 2.45) is 7.05 Å². The molecule has 0 aliphatic heterocycles. The Morgan fingerprint density at radius 3 is 2.83 bits per heavy atom. The second-order valence-electron chi connectivity index (χ2n) is 4.56. The van der Waals surface area contributed by atoms with Crippen LogP contribution in [0.1, 0.15) is 24.4 Å². The summed E-state index contributed by atoms with van der Waals surface area (Å²) in [6.07, 6.45) is 1.58. The molecule has 2 rings (SSSR count). The maximum atomic E-state index is 5.81. The van der Waals surface area contributed by atoms with E-state index in [-0.39, 0.29) is 6.04 Å². The van der Waals surface area contributed by atoms with E-state index in [1.807, 2.05) is 25.2 Å². The minimum atomic E-state index is 0.283. The number of hydrogen-bond donors (Lipinski definition) is 1. The summed E-state index contributed by atoms with van der Waals surface area (Å²) < 4.78 is 1.79. The summed E-state index contributed by atoms with van der Waals surface area (Å²) in [5.41, 5.74) is 7.82. The maximum absolute atomic E-state index is 5.81. The minimum absolute atomic E-state index is 0.283. The quantitative estimate of drug-likeness (QED) is 0.831. The fourth-order valence-electron chi connectivity index (χ4n) is 1.90. The van der Waals surface area contributed by atoms with Crippen molar-refractivity contribution < 1.29 is 0 Å². The molecule has 18 heavy (non-hydrogen) atoms. The minimum Gasteiger partial charge on any atom is -0.399 e. The van der Waals surface area contributed by atoms with E-state index in [1.54, 1.807) is 11.0 Å². The van der Waals surface area contributed by atoms with E-state index < -0.39 is 0 Å². The summed E-state index contributed by atoms with van der Waals surface area (Å²) in [5.74, 6) is 0.952. The first-order chi connectivity index (χ1) is 8.58. The first kappa shape index (κ1) is 12.6. The van der Waals surface area contributed by atoms with Gasteiger partial charge in [-0.3, -0.25) is 9.58 Å². The van der Waals surface area contributed by atoms with E-state index in [9.17, 15) is 0 Å². The van der Waals surface area contributed by atoms with Crippen LogP contribution in [-0.2, 0) is 13.6 Å². The Bertz CT molecular complexity index is 520. The van der Waals surface area contributed by atoms with Crippen LogP contribution in [0.15, 0.2) is 30.6 Å². The topological polar surface area (TPSA) is 60.0 Å². The zero-order chi connectivity index (χ0) is 13.1. The van der Waals surface area contributed by atoms with Gasteiger partial charge < -0.3 is 5.73 Å². The zero-order valence-corrected chi connectivity index (χ0v) is 11.0. The Kier molecular flexibility index (Phi) is 3.62. The van der Waals surface area contributed by atoms with Gasteiger partial charge in [0.1, 0.15) is 12.2 Å². The molecule has 5 nitrogen and oxygen atoms in total. The lowest BCUT2D eigenvalue weighted by Gasteiger charge is -2.24. The van der Waals surface area contributed by atoms with Gasteiger partial charge in [-0.25, -0.2) is 4.98 Å². The Morgan fingerprint density at radius 2 is 2.22 bits per heavy atom. The molecule has 0 saturated heterocycles.